The fourth-order valence-electron chi connectivity index (χ4n) is 4.37. The van der Waals surface area contributed by atoms with Gasteiger partial charge in [-0.15, -0.1) is 0 Å². The number of aliphatic hydroxyl groups is 6. The van der Waals surface area contributed by atoms with Crippen LogP contribution in [0.1, 0.15) is 26.0 Å². The van der Waals surface area contributed by atoms with Crippen molar-refractivity contribution < 1.29 is 73.3 Å². The number of anilines is 1. The van der Waals surface area contributed by atoms with Gasteiger partial charge in [0, 0.05) is 19.0 Å². The lowest BCUT2D eigenvalue weighted by atomic mass is 9.88. The van der Waals surface area contributed by atoms with Crippen LogP contribution < -0.4 is 16.7 Å². The number of carboxylic acids is 1. The molecule has 3 unspecified atom stereocenters. The van der Waals surface area contributed by atoms with Gasteiger partial charge >= 0.3 is 19.5 Å². The SMILES string of the molecule is CCC(=O)N[C@H]1C([C@H](O)[C@H](O)CO)O[C@](OP(=O)(O)OC[C@H]2O[C@@H](n3ccc(N)nc3=O)[C@@H](O)C2O)(C(=O)O)C[C@H]1O. The number of hydrogen-bond donors (Lipinski definition) is 10. The van der Waals surface area contributed by atoms with Crippen molar-refractivity contribution in [1.29, 1.82) is 0 Å². The van der Waals surface area contributed by atoms with Crippen LogP contribution in [0.3, 0.4) is 0 Å². The van der Waals surface area contributed by atoms with E-state index in [-0.39, 0.29) is 12.2 Å². The van der Waals surface area contributed by atoms with Gasteiger partial charge in [0.25, 0.3) is 5.79 Å². The normalized spacial score (nSPS) is 34.3. The third-order valence-corrected chi connectivity index (χ3v) is 7.59. The molecule has 0 aromatic carbocycles. The van der Waals surface area contributed by atoms with Crippen molar-refractivity contribution in [3.05, 3.63) is 22.7 Å². The van der Waals surface area contributed by atoms with Crippen molar-refractivity contribution in [3.8, 4) is 0 Å². The van der Waals surface area contributed by atoms with Gasteiger partial charge in [-0.3, -0.25) is 13.9 Å². The molecule has 20 nitrogen and oxygen atoms in total. The molecule has 1 amide bonds. The Morgan fingerprint density at radius 3 is 2.55 bits per heavy atom. The zero-order valence-electron chi connectivity index (χ0n) is 21.9. The van der Waals surface area contributed by atoms with Gasteiger partial charge in [-0.2, -0.15) is 4.98 Å². The van der Waals surface area contributed by atoms with E-state index >= 15 is 0 Å². The number of aliphatic hydroxyl groups excluding tert-OH is 6. The molecule has 1 aromatic heterocycles. The van der Waals surface area contributed by atoms with E-state index in [1.807, 2.05) is 0 Å². The van der Waals surface area contributed by atoms with E-state index in [2.05, 4.69) is 10.3 Å². The Hall–Kier alpha value is -2.59. The smallest absolute Gasteiger partial charge is 0.475 e. The summed E-state index contributed by atoms with van der Waals surface area (Å²) >= 11 is 0. The summed E-state index contributed by atoms with van der Waals surface area (Å²) in [6, 6.07) is -0.356. The molecule has 2 aliphatic rings. The summed E-state index contributed by atoms with van der Waals surface area (Å²) in [5.74, 6) is -6.10. The lowest BCUT2D eigenvalue weighted by molar-refractivity contribution is -0.289. The summed E-state index contributed by atoms with van der Waals surface area (Å²) in [6.07, 6.45) is -14.7. The number of rotatable bonds is 12. The van der Waals surface area contributed by atoms with Gasteiger partial charge in [-0.1, -0.05) is 6.92 Å². The Morgan fingerprint density at radius 1 is 1.31 bits per heavy atom. The summed E-state index contributed by atoms with van der Waals surface area (Å²) in [6.45, 7) is -0.619. The summed E-state index contributed by atoms with van der Waals surface area (Å²) in [4.78, 5) is 50.1. The molecule has 2 aliphatic heterocycles. The van der Waals surface area contributed by atoms with Crippen molar-refractivity contribution in [2.45, 2.75) is 80.5 Å². The van der Waals surface area contributed by atoms with Crippen LogP contribution in [-0.2, 0) is 32.7 Å². The average Bonchev–Trinajstić information content (AvgIpc) is 3.20. The number of aromatic nitrogens is 2. The van der Waals surface area contributed by atoms with E-state index in [9.17, 15) is 59.6 Å². The van der Waals surface area contributed by atoms with Crippen LogP contribution in [-0.4, -0.2) is 130 Å². The van der Waals surface area contributed by atoms with Crippen molar-refractivity contribution in [2.75, 3.05) is 18.9 Å². The average molecular weight is 628 g/mol. The standard InChI is InChI=1S/C21H33N4O16P/c1-2-12(29)24-13-8(27)5-21(19(33)34,40-17(13)14(30)9(28)6-26)41-42(36,37)38-7-10-15(31)16(32)18(39-10)25-4-3-11(22)23-20(25)35/h3-4,8-10,13-18,26-28,30-32H,2,5-7H2,1H3,(H,24,29)(H,33,34)(H,36,37)(H2,22,23,35)/t8-,9-,10-,13-,14-,15?,16+,17?,18-,21-/m1/s1. The number of nitrogens with zero attached hydrogens (tertiary/aromatic N) is 2. The first-order chi connectivity index (χ1) is 19.6. The molecule has 238 valence electrons. The molecule has 3 heterocycles. The maximum absolute atomic E-state index is 12.8. The van der Waals surface area contributed by atoms with Crippen LogP contribution in [0, 0.1) is 0 Å². The van der Waals surface area contributed by atoms with E-state index < -0.39 is 106 Å². The molecular formula is C21H33N4O16P. The Balaban J connectivity index is 1.79. The summed E-state index contributed by atoms with van der Waals surface area (Å²) in [7, 11) is -5.52. The number of aliphatic carboxylic acids is 1. The van der Waals surface area contributed by atoms with Gasteiger partial charge < -0.3 is 61.2 Å². The predicted molar refractivity (Wildman–Crippen MR) is 133 cm³/mol. The van der Waals surface area contributed by atoms with Crippen LogP contribution in [0.25, 0.3) is 0 Å². The van der Waals surface area contributed by atoms with E-state index in [4.69, 9.17) is 24.3 Å². The molecule has 42 heavy (non-hydrogen) atoms. The van der Waals surface area contributed by atoms with Crippen LogP contribution in [0.4, 0.5) is 5.82 Å². The highest BCUT2D eigenvalue weighted by atomic mass is 31.2. The monoisotopic (exact) mass is 628 g/mol. The van der Waals surface area contributed by atoms with Gasteiger partial charge in [-0.25, -0.2) is 18.7 Å². The lowest BCUT2D eigenvalue weighted by Gasteiger charge is -2.46. The molecule has 0 radical (unpaired) electrons. The number of nitrogen functional groups attached to an aromatic ring is 1. The second-order valence-corrected chi connectivity index (χ2v) is 10.9. The molecule has 11 N–H and O–H groups in total. The molecule has 1 aromatic rings. The minimum atomic E-state index is -5.52. The zero-order valence-corrected chi connectivity index (χ0v) is 22.8. The van der Waals surface area contributed by atoms with Gasteiger partial charge in [-0.05, 0) is 6.07 Å². The Labute approximate surface area is 236 Å². The molecule has 11 atom stereocenters. The first-order valence-electron chi connectivity index (χ1n) is 12.5. The minimum Gasteiger partial charge on any atom is -0.477 e. The topological polar surface area (TPSA) is 323 Å². The van der Waals surface area contributed by atoms with Crippen LogP contribution in [0.2, 0.25) is 0 Å². The third kappa shape index (κ3) is 7.30. The van der Waals surface area contributed by atoms with Crippen LogP contribution >= 0.6 is 7.82 Å². The van der Waals surface area contributed by atoms with Gasteiger partial charge in [0.15, 0.2) is 6.23 Å². The minimum absolute atomic E-state index is 0.108. The molecule has 3 rings (SSSR count). The summed E-state index contributed by atoms with van der Waals surface area (Å²) < 4.78 is 33.9. The van der Waals surface area contributed by atoms with Gasteiger partial charge in [0.1, 0.15) is 42.4 Å². The molecule has 0 aliphatic carbocycles. The molecule has 2 fully saturated rings. The number of amides is 1. The number of phosphoric acid groups is 1. The Morgan fingerprint density at radius 2 is 1.98 bits per heavy atom. The fourth-order valence-corrected chi connectivity index (χ4v) is 5.33. The first-order valence-corrected chi connectivity index (χ1v) is 13.9. The van der Waals surface area contributed by atoms with Gasteiger partial charge in [0.05, 0.1) is 25.4 Å². The second kappa shape index (κ2) is 13.4. The Bertz CT molecular complexity index is 1230. The van der Waals surface area contributed by atoms with Crippen molar-refractivity contribution in [1.82, 2.24) is 14.9 Å². The zero-order chi connectivity index (χ0) is 31.6. The fraction of sp³-hybridized carbons (Fsp3) is 0.714. The van der Waals surface area contributed by atoms with E-state index in [1.165, 1.54) is 13.0 Å². The second-order valence-electron chi connectivity index (χ2n) is 9.54. The maximum Gasteiger partial charge on any atom is 0.475 e. The highest BCUT2D eigenvalue weighted by Crippen LogP contribution is 2.51. The van der Waals surface area contributed by atoms with Crippen molar-refractivity contribution in [3.63, 3.8) is 0 Å². The first kappa shape index (κ1) is 33.9. The lowest BCUT2D eigenvalue weighted by Crippen LogP contribution is -2.67. The largest absolute Gasteiger partial charge is 0.477 e. The number of carboxylic acid groups (broad SMARTS) is 1. The molecule has 2 saturated heterocycles. The Kier molecular flexibility index (Phi) is 10.8. The number of ether oxygens (including phenoxy) is 2. The number of carbonyl (C=O) groups is 2. The van der Waals surface area contributed by atoms with Crippen molar-refractivity contribution >= 4 is 25.5 Å². The van der Waals surface area contributed by atoms with Crippen LogP contribution in [0.15, 0.2) is 17.1 Å². The van der Waals surface area contributed by atoms with Crippen LogP contribution in [0.5, 0.6) is 0 Å². The molecule has 0 spiro atoms. The summed E-state index contributed by atoms with van der Waals surface area (Å²) in [5.41, 5.74) is 4.47. The number of nitrogens with one attached hydrogen (secondary N) is 1. The highest BCUT2D eigenvalue weighted by Gasteiger charge is 2.59. The molecule has 0 bridgehead atoms. The van der Waals surface area contributed by atoms with E-state index in [0.29, 0.717) is 0 Å². The summed E-state index contributed by atoms with van der Waals surface area (Å²) in [5, 5.41) is 73.1. The van der Waals surface area contributed by atoms with Gasteiger partial charge in [0.2, 0.25) is 5.91 Å². The maximum atomic E-state index is 12.8. The third-order valence-electron chi connectivity index (χ3n) is 6.59. The van der Waals surface area contributed by atoms with E-state index in [1.54, 1.807) is 0 Å². The molecule has 0 saturated carbocycles. The number of nitrogens with two attached hydrogens (primary N) is 1. The highest BCUT2D eigenvalue weighted by molar-refractivity contribution is 7.47. The number of carbonyl (C=O) groups excluding carboxylic acids is 1. The quantitative estimate of drug-likeness (QED) is 0.0970. The predicted octanol–water partition coefficient (Wildman–Crippen LogP) is -4.88. The number of phosphoric ester groups is 1. The van der Waals surface area contributed by atoms with Crippen molar-refractivity contribution in [2.24, 2.45) is 0 Å². The van der Waals surface area contributed by atoms with E-state index in [0.717, 1.165) is 10.8 Å². The number of hydrogen-bond acceptors (Lipinski definition) is 16. The molecule has 21 heteroatoms. The molecular weight excluding hydrogens is 595 g/mol.